The molecule has 2 nitrogen and oxygen atoms in total. The lowest BCUT2D eigenvalue weighted by Crippen LogP contribution is -1.89. The molecule has 0 aliphatic rings. The molecule has 170 valence electrons. The lowest BCUT2D eigenvalue weighted by atomic mass is 9.94. The smallest absolute Gasteiger partial charge is 0.136 e. The molecule has 0 bridgehead atoms. The van der Waals surface area contributed by atoms with Crippen LogP contribution in [0.25, 0.3) is 66.2 Å². The van der Waals surface area contributed by atoms with Crippen LogP contribution >= 0.6 is 0 Å². The topological polar surface area (TPSA) is 26.0 Å². The molecule has 7 aromatic rings. The van der Waals surface area contributed by atoms with E-state index in [4.69, 9.17) is 9.40 Å². The summed E-state index contributed by atoms with van der Waals surface area (Å²) in [5.41, 5.74) is 5.91. The number of rotatable bonds is 3. The molecular weight excluding hydrogens is 445 g/mol. The molecule has 0 aliphatic carbocycles. The fourth-order valence-corrected chi connectivity index (χ4v) is 5.07. The quantitative estimate of drug-likeness (QED) is 0.243. The molecule has 0 radical (unpaired) electrons. The SMILES string of the molecule is Fc1ccc2c(ccc3c(-c4cc(-c5ccccc5)c5cc(-c6ccccc6)oc5c4)nccc32)c1. The van der Waals surface area contributed by atoms with E-state index in [9.17, 15) is 4.39 Å². The van der Waals surface area contributed by atoms with Crippen molar-refractivity contribution in [2.24, 2.45) is 0 Å². The second-order valence-corrected chi connectivity index (χ2v) is 8.96. The van der Waals surface area contributed by atoms with Crippen LogP contribution in [0.2, 0.25) is 0 Å². The van der Waals surface area contributed by atoms with Crippen molar-refractivity contribution in [1.82, 2.24) is 4.98 Å². The van der Waals surface area contributed by atoms with Gasteiger partial charge in [0.1, 0.15) is 17.2 Å². The van der Waals surface area contributed by atoms with Crippen LogP contribution in [0.1, 0.15) is 0 Å². The summed E-state index contributed by atoms with van der Waals surface area (Å²) >= 11 is 0. The molecule has 0 unspecified atom stereocenters. The Morgan fingerprint density at radius 3 is 2.11 bits per heavy atom. The second-order valence-electron chi connectivity index (χ2n) is 8.96. The number of nitrogens with zero attached hydrogens (tertiary/aromatic N) is 1. The third-order valence-electron chi connectivity index (χ3n) is 6.78. The van der Waals surface area contributed by atoms with Crippen LogP contribution in [-0.2, 0) is 0 Å². The Labute approximate surface area is 207 Å². The molecule has 36 heavy (non-hydrogen) atoms. The summed E-state index contributed by atoms with van der Waals surface area (Å²) in [4.78, 5) is 4.79. The number of benzene rings is 5. The summed E-state index contributed by atoms with van der Waals surface area (Å²) in [6.45, 7) is 0. The summed E-state index contributed by atoms with van der Waals surface area (Å²) in [6.07, 6.45) is 1.82. The van der Waals surface area contributed by atoms with Crippen LogP contribution < -0.4 is 0 Å². The van der Waals surface area contributed by atoms with Gasteiger partial charge in [-0.2, -0.15) is 0 Å². The maximum Gasteiger partial charge on any atom is 0.136 e. The number of hydrogen-bond acceptors (Lipinski definition) is 2. The van der Waals surface area contributed by atoms with Crippen molar-refractivity contribution < 1.29 is 8.81 Å². The van der Waals surface area contributed by atoms with Crippen molar-refractivity contribution in [2.75, 3.05) is 0 Å². The van der Waals surface area contributed by atoms with Crippen LogP contribution in [0.3, 0.4) is 0 Å². The van der Waals surface area contributed by atoms with Gasteiger partial charge >= 0.3 is 0 Å². The Balaban J connectivity index is 1.51. The highest BCUT2D eigenvalue weighted by Gasteiger charge is 2.16. The molecule has 2 aromatic heterocycles. The average Bonchev–Trinajstić information content (AvgIpc) is 3.37. The van der Waals surface area contributed by atoms with Gasteiger partial charge in [-0.3, -0.25) is 4.98 Å². The van der Waals surface area contributed by atoms with Crippen molar-refractivity contribution in [3.8, 4) is 33.7 Å². The molecule has 0 amide bonds. The van der Waals surface area contributed by atoms with E-state index < -0.39 is 0 Å². The van der Waals surface area contributed by atoms with Gasteiger partial charge in [-0.1, -0.05) is 78.9 Å². The monoisotopic (exact) mass is 465 g/mol. The minimum atomic E-state index is -0.235. The summed E-state index contributed by atoms with van der Waals surface area (Å²) < 4.78 is 20.2. The molecule has 7 rings (SSSR count). The van der Waals surface area contributed by atoms with Crippen molar-refractivity contribution in [1.29, 1.82) is 0 Å². The summed E-state index contributed by atoms with van der Waals surface area (Å²) in [5, 5.41) is 5.00. The van der Waals surface area contributed by atoms with E-state index >= 15 is 0 Å². The third kappa shape index (κ3) is 3.37. The van der Waals surface area contributed by atoms with Gasteiger partial charge < -0.3 is 4.42 Å². The van der Waals surface area contributed by atoms with E-state index in [0.717, 1.165) is 66.2 Å². The molecule has 3 heteroatoms. The van der Waals surface area contributed by atoms with Crippen LogP contribution in [0.15, 0.2) is 126 Å². The number of pyridine rings is 1. The van der Waals surface area contributed by atoms with Crippen molar-refractivity contribution in [2.45, 2.75) is 0 Å². The first-order valence-electron chi connectivity index (χ1n) is 11.9. The number of halogens is 1. The van der Waals surface area contributed by atoms with Gasteiger partial charge in [0.15, 0.2) is 0 Å². The van der Waals surface area contributed by atoms with E-state index in [0.29, 0.717) is 0 Å². The number of furan rings is 1. The molecule has 0 N–H and O–H groups in total. The van der Waals surface area contributed by atoms with Gasteiger partial charge in [0.05, 0.1) is 5.69 Å². The first-order chi connectivity index (χ1) is 17.7. The second kappa shape index (κ2) is 8.17. The van der Waals surface area contributed by atoms with Crippen molar-refractivity contribution >= 4 is 32.5 Å². The fraction of sp³-hybridized carbons (Fsp3) is 0. The highest BCUT2D eigenvalue weighted by molar-refractivity contribution is 6.12. The number of hydrogen-bond donors (Lipinski definition) is 0. The molecule has 0 saturated heterocycles. The van der Waals surface area contributed by atoms with E-state index in [2.05, 4.69) is 42.5 Å². The maximum atomic E-state index is 13.8. The van der Waals surface area contributed by atoms with Gasteiger partial charge in [-0.15, -0.1) is 0 Å². The lowest BCUT2D eigenvalue weighted by molar-refractivity contribution is 0.629. The van der Waals surface area contributed by atoms with Gasteiger partial charge in [0.25, 0.3) is 0 Å². The Morgan fingerprint density at radius 2 is 1.31 bits per heavy atom. The normalized spacial score (nSPS) is 11.5. The van der Waals surface area contributed by atoms with Crippen LogP contribution in [0.4, 0.5) is 4.39 Å². The Kier molecular flexibility index (Phi) is 4.68. The van der Waals surface area contributed by atoms with E-state index in [1.165, 1.54) is 6.07 Å². The highest BCUT2D eigenvalue weighted by Crippen LogP contribution is 2.40. The van der Waals surface area contributed by atoms with Crippen molar-refractivity contribution in [3.05, 3.63) is 127 Å². The predicted octanol–water partition coefficient (Wildman–Crippen LogP) is 9.27. The van der Waals surface area contributed by atoms with E-state index in [1.54, 1.807) is 6.07 Å². The zero-order chi connectivity index (χ0) is 24.1. The zero-order valence-electron chi connectivity index (χ0n) is 19.3. The van der Waals surface area contributed by atoms with Crippen LogP contribution in [-0.4, -0.2) is 4.98 Å². The zero-order valence-corrected chi connectivity index (χ0v) is 19.3. The summed E-state index contributed by atoms with van der Waals surface area (Å²) in [7, 11) is 0. The molecule has 0 saturated carbocycles. The van der Waals surface area contributed by atoms with Crippen LogP contribution in [0.5, 0.6) is 0 Å². The van der Waals surface area contributed by atoms with Crippen LogP contribution in [0, 0.1) is 5.82 Å². The van der Waals surface area contributed by atoms with Gasteiger partial charge in [0, 0.05) is 28.1 Å². The van der Waals surface area contributed by atoms with E-state index in [1.807, 2.05) is 66.9 Å². The predicted molar refractivity (Wildman–Crippen MR) is 145 cm³/mol. The third-order valence-corrected chi connectivity index (χ3v) is 6.78. The molecule has 0 atom stereocenters. The molecule has 0 fully saturated rings. The Hall–Kier alpha value is -4.76. The van der Waals surface area contributed by atoms with Gasteiger partial charge in [-0.05, 0) is 63.7 Å². The Bertz CT molecular complexity index is 1890. The average molecular weight is 466 g/mol. The molecule has 5 aromatic carbocycles. The lowest BCUT2D eigenvalue weighted by Gasteiger charge is -2.11. The van der Waals surface area contributed by atoms with Gasteiger partial charge in [0.2, 0.25) is 0 Å². The molecule has 0 aliphatic heterocycles. The first kappa shape index (κ1) is 20.6. The van der Waals surface area contributed by atoms with Gasteiger partial charge in [-0.25, -0.2) is 4.39 Å². The highest BCUT2D eigenvalue weighted by atomic mass is 19.1. The first-order valence-corrected chi connectivity index (χ1v) is 11.9. The van der Waals surface area contributed by atoms with E-state index in [-0.39, 0.29) is 5.82 Å². The Morgan fingerprint density at radius 1 is 0.556 bits per heavy atom. The fourth-order valence-electron chi connectivity index (χ4n) is 5.07. The molecule has 0 spiro atoms. The standard InChI is InChI=1S/C33H20FNO/c34-25-12-14-26-23(17-25)11-13-28-27(26)15-16-35-33(28)24-18-29(21-7-3-1-4-8-21)30-20-31(36-32(30)19-24)22-9-5-2-6-10-22/h1-20H. The molecular formula is C33H20FNO. The number of aromatic nitrogens is 1. The minimum Gasteiger partial charge on any atom is -0.456 e. The number of fused-ring (bicyclic) bond motifs is 4. The minimum absolute atomic E-state index is 0.235. The summed E-state index contributed by atoms with van der Waals surface area (Å²) in [6, 6.07) is 37.8. The maximum absolute atomic E-state index is 13.8. The molecule has 2 heterocycles. The largest absolute Gasteiger partial charge is 0.456 e. The summed E-state index contributed by atoms with van der Waals surface area (Å²) in [5.74, 6) is 0.597. The van der Waals surface area contributed by atoms with Crippen molar-refractivity contribution in [3.63, 3.8) is 0 Å².